The van der Waals surface area contributed by atoms with Gasteiger partial charge in [-0.1, -0.05) is 5.57 Å². The molecule has 0 fully saturated rings. The highest BCUT2D eigenvalue weighted by molar-refractivity contribution is 5.79. The van der Waals surface area contributed by atoms with Crippen molar-refractivity contribution in [3.05, 3.63) is 22.3 Å². The minimum Gasteiger partial charge on any atom is -0.298 e. The molecule has 0 aromatic rings. The quantitative estimate of drug-likeness (QED) is 0.505. The van der Waals surface area contributed by atoms with Crippen LogP contribution in [0.1, 0.15) is 27.2 Å². The van der Waals surface area contributed by atoms with E-state index in [9.17, 15) is 4.79 Å². The predicted molar refractivity (Wildman–Crippen MR) is 41.8 cm³/mol. The second kappa shape index (κ2) is 2.41. The summed E-state index contributed by atoms with van der Waals surface area (Å²) in [5, 5.41) is 0. The molecule has 10 heavy (non-hydrogen) atoms. The van der Waals surface area contributed by atoms with Gasteiger partial charge in [0.2, 0.25) is 0 Å². The molecule has 1 nitrogen and oxygen atoms in total. The summed E-state index contributed by atoms with van der Waals surface area (Å²) in [7, 11) is 0. The van der Waals surface area contributed by atoms with Gasteiger partial charge in [0, 0.05) is 0 Å². The van der Waals surface area contributed by atoms with Crippen LogP contribution >= 0.6 is 0 Å². The molecule has 0 unspecified atom stereocenters. The third kappa shape index (κ3) is 0.919. The summed E-state index contributed by atoms with van der Waals surface area (Å²) in [4.78, 5) is 10.4. The maximum absolute atomic E-state index is 10.4. The number of rotatable bonds is 1. The summed E-state index contributed by atoms with van der Waals surface area (Å²) in [5.74, 6) is 0. The monoisotopic (exact) mass is 136 g/mol. The van der Waals surface area contributed by atoms with Gasteiger partial charge in [0.15, 0.2) is 0 Å². The van der Waals surface area contributed by atoms with Gasteiger partial charge in [-0.3, -0.25) is 4.79 Å². The number of allylic oxidation sites excluding steroid dienone is 4. The van der Waals surface area contributed by atoms with Crippen molar-refractivity contribution < 1.29 is 4.79 Å². The second-order valence-electron chi connectivity index (χ2n) is 2.85. The molecule has 0 aromatic heterocycles. The van der Waals surface area contributed by atoms with Crippen LogP contribution in [0.5, 0.6) is 0 Å². The molecular formula is C9H12O. The van der Waals surface area contributed by atoms with Gasteiger partial charge in [-0.05, 0) is 43.9 Å². The van der Waals surface area contributed by atoms with Crippen molar-refractivity contribution in [1.29, 1.82) is 0 Å². The molecule has 1 rings (SSSR count). The lowest BCUT2D eigenvalue weighted by molar-refractivity contribution is -0.105. The molecule has 1 aliphatic carbocycles. The van der Waals surface area contributed by atoms with E-state index in [2.05, 4.69) is 13.8 Å². The van der Waals surface area contributed by atoms with E-state index in [0.717, 1.165) is 18.3 Å². The fourth-order valence-electron chi connectivity index (χ4n) is 1.24. The van der Waals surface area contributed by atoms with Gasteiger partial charge in [-0.25, -0.2) is 0 Å². The Morgan fingerprint density at radius 1 is 1.20 bits per heavy atom. The lowest BCUT2D eigenvalue weighted by atomic mass is 10.1. The van der Waals surface area contributed by atoms with Crippen LogP contribution in [-0.2, 0) is 4.79 Å². The number of aldehydes is 1. The van der Waals surface area contributed by atoms with Crippen LogP contribution in [0.3, 0.4) is 0 Å². The topological polar surface area (TPSA) is 17.1 Å². The highest BCUT2D eigenvalue weighted by Gasteiger charge is 2.13. The van der Waals surface area contributed by atoms with Gasteiger partial charge >= 0.3 is 0 Å². The molecule has 0 radical (unpaired) electrons. The fraction of sp³-hybridized carbons (Fsp3) is 0.444. The van der Waals surface area contributed by atoms with Crippen LogP contribution in [0.2, 0.25) is 0 Å². The predicted octanol–water partition coefficient (Wildman–Crippen LogP) is 2.24. The minimum absolute atomic E-state index is 0.862. The summed E-state index contributed by atoms with van der Waals surface area (Å²) in [5.41, 5.74) is 4.75. The van der Waals surface area contributed by atoms with Crippen LogP contribution < -0.4 is 0 Å². The zero-order chi connectivity index (χ0) is 7.72. The van der Waals surface area contributed by atoms with E-state index in [-0.39, 0.29) is 0 Å². The molecule has 1 heteroatoms. The Bertz CT molecular complexity index is 228. The molecule has 0 bridgehead atoms. The Morgan fingerprint density at radius 2 is 1.80 bits per heavy atom. The average molecular weight is 136 g/mol. The van der Waals surface area contributed by atoms with Crippen molar-refractivity contribution in [2.45, 2.75) is 27.2 Å². The summed E-state index contributed by atoms with van der Waals surface area (Å²) in [6.45, 7) is 6.16. The van der Waals surface area contributed by atoms with Crippen molar-refractivity contribution in [3.8, 4) is 0 Å². The Balaban J connectivity index is 3.00. The molecule has 0 aromatic carbocycles. The molecule has 0 aliphatic heterocycles. The van der Waals surface area contributed by atoms with Gasteiger partial charge in [-0.2, -0.15) is 0 Å². The van der Waals surface area contributed by atoms with Crippen LogP contribution in [0.25, 0.3) is 0 Å². The summed E-state index contributed by atoms with van der Waals surface area (Å²) < 4.78 is 0. The zero-order valence-electron chi connectivity index (χ0n) is 6.69. The lowest BCUT2D eigenvalue weighted by Gasteiger charge is -1.94. The first kappa shape index (κ1) is 7.26. The largest absolute Gasteiger partial charge is 0.298 e. The van der Waals surface area contributed by atoms with Crippen LogP contribution in [0.4, 0.5) is 0 Å². The molecule has 0 atom stereocenters. The average Bonchev–Trinajstić information content (AvgIpc) is 2.17. The molecule has 1 aliphatic rings. The van der Waals surface area contributed by atoms with E-state index in [1.165, 1.54) is 16.7 Å². The van der Waals surface area contributed by atoms with Gasteiger partial charge in [0.1, 0.15) is 6.29 Å². The van der Waals surface area contributed by atoms with Crippen LogP contribution in [0, 0.1) is 0 Å². The first-order valence-electron chi connectivity index (χ1n) is 3.48. The van der Waals surface area contributed by atoms with E-state index in [1.807, 2.05) is 6.92 Å². The van der Waals surface area contributed by atoms with Crippen molar-refractivity contribution in [1.82, 2.24) is 0 Å². The fourth-order valence-corrected chi connectivity index (χ4v) is 1.24. The Morgan fingerprint density at radius 3 is 2.00 bits per heavy atom. The van der Waals surface area contributed by atoms with E-state index in [1.54, 1.807) is 0 Å². The van der Waals surface area contributed by atoms with Gasteiger partial charge in [0.05, 0.1) is 0 Å². The molecule has 0 heterocycles. The maximum atomic E-state index is 10.4. The SMILES string of the molecule is CC1=C(C)C(C)=C(C=O)C1. The summed E-state index contributed by atoms with van der Waals surface area (Å²) in [6.07, 6.45) is 1.83. The first-order valence-corrected chi connectivity index (χ1v) is 3.48. The normalized spacial score (nSPS) is 18.7. The summed E-state index contributed by atoms with van der Waals surface area (Å²) >= 11 is 0. The molecular weight excluding hydrogens is 124 g/mol. The standard InChI is InChI=1S/C9H12O/c1-6-4-9(5-10)8(3)7(6)2/h5H,4H2,1-3H3. The van der Waals surface area contributed by atoms with Crippen LogP contribution in [0.15, 0.2) is 22.3 Å². The van der Waals surface area contributed by atoms with Crippen molar-refractivity contribution in [3.63, 3.8) is 0 Å². The number of hydrogen-bond donors (Lipinski definition) is 0. The number of carbonyl (C=O) groups is 1. The first-order chi connectivity index (χ1) is 4.66. The Kier molecular flexibility index (Phi) is 1.75. The second-order valence-corrected chi connectivity index (χ2v) is 2.85. The van der Waals surface area contributed by atoms with Crippen molar-refractivity contribution in [2.75, 3.05) is 0 Å². The number of hydrogen-bond acceptors (Lipinski definition) is 1. The molecule has 0 saturated carbocycles. The third-order valence-corrected chi connectivity index (χ3v) is 2.28. The smallest absolute Gasteiger partial charge is 0.146 e. The van der Waals surface area contributed by atoms with Gasteiger partial charge < -0.3 is 0 Å². The molecule has 0 spiro atoms. The highest BCUT2D eigenvalue weighted by Crippen LogP contribution is 2.29. The van der Waals surface area contributed by atoms with Gasteiger partial charge in [0.25, 0.3) is 0 Å². The molecule has 0 amide bonds. The minimum atomic E-state index is 0.862. The molecule has 0 N–H and O–H groups in total. The van der Waals surface area contributed by atoms with Gasteiger partial charge in [-0.15, -0.1) is 0 Å². The van der Waals surface area contributed by atoms with Crippen molar-refractivity contribution >= 4 is 6.29 Å². The molecule has 0 saturated heterocycles. The van der Waals surface area contributed by atoms with E-state index >= 15 is 0 Å². The third-order valence-electron chi connectivity index (χ3n) is 2.28. The maximum Gasteiger partial charge on any atom is 0.146 e. The van der Waals surface area contributed by atoms with E-state index in [4.69, 9.17) is 0 Å². The van der Waals surface area contributed by atoms with Crippen LogP contribution in [-0.4, -0.2) is 6.29 Å². The number of carbonyl (C=O) groups excluding carboxylic acids is 1. The van der Waals surface area contributed by atoms with E-state index in [0.29, 0.717) is 0 Å². The lowest BCUT2D eigenvalue weighted by Crippen LogP contribution is -1.82. The highest BCUT2D eigenvalue weighted by atomic mass is 16.1. The van der Waals surface area contributed by atoms with E-state index < -0.39 is 0 Å². The zero-order valence-corrected chi connectivity index (χ0v) is 6.69. The Labute approximate surface area is 61.4 Å². The van der Waals surface area contributed by atoms with Crippen molar-refractivity contribution in [2.24, 2.45) is 0 Å². The molecule has 54 valence electrons. The summed E-state index contributed by atoms with van der Waals surface area (Å²) in [6, 6.07) is 0. The Hall–Kier alpha value is -0.850.